The third kappa shape index (κ3) is 3.78. The van der Waals surface area contributed by atoms with Crippen molar-refractivity contribution in [3.63, 3.8) is 0 Å². The summed E-state index contributed by atoms with van der Waals surface area (Å²) in [5, 5.41) is 10.7. The Bertz CT molecular complexity index is 971. The molecular formula is C21H23N3O4. The van der Waals surface area contributed by atoms with Crippen molar-refractivity contribution < 1.29 is 18.5 Å². The molecule has 1 aromatic carbocycles. The first-order valence-electron chi connectivity index (χ1n) is 9.56. The largest absolute Gasteiger partial charge is 0.451 e. The lowest BCUT2D eigenvalue weighted by atomic mass is 10.1. The van der Waals surface area contributed by atoms with Gasteiger partial charge in [-0.1, -0.05) is 37.2 Å². The van der Waals surface area contributed by atoms with Crippen LogP contribution in [0.15, 0.2) is 45.3 Å². The van der Waals surface area contributed by atoms with E-state index in [1.54, 1.807) is 12.1 Å². The van der Waals surface area contributed by atoms with Crippen LogP contribution in [-0.4, -0.2) is 29.1 Å². The van der Waals surface area contributed by atoms with Crippen LogP contribution in [0.1, 0.15) is 65.8 Å². The maximum atomic E-state index is 12.5. The molecule has 0 unspecified atom stereocenters. The van der Waals surface area contributed by atoms with Gasteiger partial charge in [0.1, 0.15) is 11.3 Å². The van der Waals surface area contributed by atoms with E-state index in [0.29, 0.717) is 29.2 Å². The number of hydrogen-bond donors (Lipinski definition) is 2. The summed E-state index contributed by atoms with van der Waals surface area (Å²) in [4.78, 5) is 24.8. The van der Waals surface area contributed by atoms with Crippen molar-refractivity contribution in [3.05, 3.63) is 53.6 Å². The van der Waals surface area contributed by atoms with Gasteiger partial charge >= 0.3 is 0 Å². The Balaban J connectivity index is 1.32. The minimum Gasteiger partial charge on any atom is -0.451 e. The number of carbonyl (C=O) groups excluding carboxylic acids is 2. The molecule has 2 aromatic heterocycles. The summed E-state index contributed by atoms with van der Waals surface area (Å²) in [6.07, 6.45) is 2.27. The van der Waals surface area contributed by atoms with Gasteiger partial charge in [0, 0.05) is 29.5 Å². The maximum Gasteiger partial charge on any atom is 0.287 e. The fourth-order valence-corrected chi connectivity index (χ4v) is 3.52. The Morgan fingerprint density at radius 1 is 1.07 bits per heavy atom. The van der Waals surface area contributed by atoms with E-state index in [0.717, 1.165) is 18.2 Å². The van der Waals surface area contributed by atoms with Gasteiger partial charge in [-0.2, -0.15) is 0 Å². The first kappa shape index (κ1) is 18.3. The van der Waals surface area contributed by atoms with Crippen LogP contribution in [0.25, 0.3) is 11.0 Å². The minimum atomic E-state index is -0.245. The molecule has 0 aliphatic heterocycles. The van der Waals surface area contributed by atoms with E-state index in [2.05, 4.69) is 15.8 Å². The molecule has 0 spiro atoms. The van der Waals surface area contributed by atoms with Crippen molar-refractivity contribution in [1.82, 2.24) is 15.8 Å². The quantitative estimate of drug-likeness (QED) is 0.703. The monoisotopic (exact) mass is 381 g/mol. The summed E-state index contributed by atoms with van der Waals surface area (Å²) in [6.45, 7) is 3.96. The number of amides is 2. The van der Waals surface area contributed by atoms with Crippen LogP contribution in [0, 0.1) is 0 Å². The van der Waals surface area contributed by atoms with Crippen LogP contribution < -0.4 is 10.6 Å². The van der Waals surface area contributed by atoms with E-state index >= 15 is 0 Å². The lowest BCUT2D eigenvalue weighted by molar-refractivity contribution is 0.0911. The SMILES string of the molecule is CC(C)c1cc(C(=O)N[C@@H]2CC[C@H](NC(=O)c3cc4ccccc4o3)C2)no1. The summed E-state index contributed by atoms with van der Waals surface area (Å²) >= 11 is 0. The molecule has 4 rings (SSSR count). The average Bonchev–Trinajstić information content (AvgIpc) is 3.40. The molecular weight excluding hydrogens is 358 g/mol. The van der Waals surface area contributed by atoms with Gasteiger partial charge in [-0.15, -0.1) is 0 Å². The van der Waals surface area contributed by atoms with Crippen molar-refractivity contribution >= 4 is 22.8 Å². The van der Waals surface area contributed by atoms with Crippen molar-refractivity contribution in [1.29, 1.82) is 0 Å². The number of nitrogens with one attached hydrogen (secondary N) is 2. The molecule has 3 aromatic rings. The lowest BCUT2D eigenvalue weighted by Crippen LogP contribution is -2.37. The number of carbonyl (C=O) groups is 2. The molecule has 2 atom stereocenters. The highest BCUT2D eigenvalue weighted by molar-refractivity contribution is 5.96. The van der Waals surface area contributed by atoms with Crippen LogP contribution in [0.2, 0.25) is 0 Å². The van der Waals surface area contributed by atoms with Crippen molar-refractivity contribution in [2.24, 2.45) is 0 Å². The molecule has 28 heavy (non-hydrogen) atoms. The van der Waals surface area contributed by atoms with E-state index < -0.39 is 0 Å². The highest BCUT2D eigenvalue weighted by Gasteiger charge is 2.29. The Hall–Kier alpha value is -3.09. The second kappa shape index (κ2) is 7.50. The fraction of sp³-hybridized carbons (Fsp3) is 0.381. The highest BCUT2D eigenvalue weighted by Crippen LogP contribution is 2.23. The number of hydrogen-bond acceptors (Lipinski definition) is 5. The lowest BCUT2D eigenvalue weighted by Gasteiger charge is -2.13. The molecule has 1 fully saturated rings. The summed E-state index contributed by atoms with van der Waals surface area (Å²) in [5.74, 6) is 0.694. The summed E-state index contributed by atoms with van der Waals surface area (Å²) in [5.41, 5.74) is 0.982. The van der Waals surface area contributed by atoms with Gasteiger partial charge in [-0.05, 0) is 31.4 Å². The first-order chi connectivity index (χ1) is 13.5. The molecule has 7 nitrogen and oxygen atoms in total. The molecule has 1 aliphatic carbocycles. The number of furan rings is 1. The zero-order valence-corrected chi connectivity index (χ0v) is 15.9. The predicted molar refractivity (Wildman–Crippen MR) is 103 cm³/mol. The summed E-state index contributed by atoms with van der Waals surface area (Å²) in [7, 11) is 0. The van der Waals surface area contributed by atoms with Gasteiger partial charge in [0.2, 0.25) is 0 Å². The van der Waals surface area contributed by atoms with Crippen LogP contribution >= 0.6 is 0 Å². The first-order valence-corrected chi connectivity index (χ1v) is 9.56. The molecule has 2 N–H and O–H groups in total. The molecule has 0 bridgehead atoms. The second-order valence-corrected chi connectivity index (χ2v) is 7.57. The molecule has 146 valence electrons. The highest BCUT2D eigenvalue weighted by atomic mass is 16.5. The molecule has 1 aliphatic rings. The van der Waals surface area contributed by atoms with Gasteiger partial charge in [-0.3, -0.25) is 9.59 Å². The van der Waals surface area contributed by atoms with E-state index in [-0.39, 0.29) is 29.8 Å². The van der Waals surface area contributed by atoms with Crippen LogP contribution in [0.3, 0.4) is 0 Å². The zero-order chi connectivity index (χ0) is 19.7. The molecule has 2 amide bonds. The fourth-order valence-electron chi connectivity index (χ4n) is 3.52. The third-order valence-corrected chi connectivity index (χ3v) is 5.08. The zero-order valence-electron chi connectivity index (χ0n) is 15.9. The normalized spacial score (nSPS) is 19.2. The molecule has 0 radical (unpaired) electrons. The van der Waals surface area contributed by atoms with Gasteiger partial charge in [0.25, 0.3) is 11.8 Å². The summed E-state index contributed by atoms with van der Waals surface area (Å²) < 4.78 is 10.8. The van der Waals surface area contributed by atoms with Crippen LogP contribution in [0.4, 0.5) is 0 Å². The Morgan fingerprint density at radius 3 is 2.46 bits per heavy atom. The smallest absolute Gasteiger partial charge is 0.287 e. The van der Waals surface area contributed by atoms with E-state index in [9.17, 15) is 9.59 Å². The van der Waals surface area contributed by atoms with Crippen molar-refractivity contribution in [2.75, 3.05) is 0 Å². The number of aromatic nitrogens is 1. The average molecular weight is 381 g/mol. The van der Waals surface area contributed by atoms with Crippen LogP contribution in [0.5, 0.6) is 0 Å². The van der Waals surface area contributed by atoms with Crippen molar-refractivity contribution in [3.8, 4) is 0 Å². The van der Waals surface area contributed by atoms with Gasteiger partial charge in [0.05, 0.1) is 0 Å². The standard InChI is InChI=1S/C21H23N3O4/c1-12(2)18-11-16(24-28-18)20(25)22-14-7-8-15(10-14)23-21(26)19-9-13-5-3-4-6-17(13)27-19/h3-6,9,11-12,14-15H,7-8,10H2,1-2H3,(H,22,25)(H,23,26)/t14-,15+/m1/s1. The Morgan fingerprint density at radius 2 is 1.79 bits per heavy atom. The topological polar surface area (TPSA) is 97.4 Å². The minimum absolute atomic E-state index is 0.00505. The van der Waals surface area contributed by atoms with Crippen LogP contribution in [-0.2, 0) is 0 Å². The Labute approximate surface area is 162 Å². The predicted octanol–water partition coefficient (Wildman–Crippen LogP) is 3.63. The van der Waals surface area contributed by atoms with Gasteiger partial charge in [-0.25, -0.2) is 0 Å². The molecule has 7 heteroatoms. The molecule has 0 saturated heterocycles. The van der Waals surface area contributed by atoms with Crippen molar-refractivity contribution in [2.45, 2.75) is 51.1 Å². The second-order valence-electron chi connectivity index (χ2n) is 7.57. The van der Waals surface area contributed by atoms with E-state index in [4.69, 9.17) is 8.94 Å². The summed E-state index contributed by atoms with van der Waals surface area (Å²) in [6, 6.07) is 10.9. The number of benzene rings is 1. The van der Waals surface area contributed by atoms with Gasteiger partial charge in [0.15, 0.2) is 11.5 Å². The Kier molecular flexibility index (Phi) is 4.90. The van der Waals surface area contributed by atoms with Gasteiger partial charge < -0.3 is 19.6 Å². The third-order valence-electron chi connectivity index (χ3n) is 5.08. The van der Waals surface area contributed by atoms with E-state index in [1.165, 1.54) is 0 Å². The molecule has 2 heterocycles. The maximum absolute atomic E-state index is 12.5. The number of fused-ring (bicyclic) bond motifs is 1. The van der Waals surface area contributed by atoms with E-state index in [1.807, 2.05) is 38.1 Å². The molecule has 1 saturated carbocycles. The number of nitrogens with zero attached hydrogens (tertiary/aromatic N) is 1. The number of para-hydroxylation sites is 1. The number of rotatable bonds is 5.